The molecule has 2 N–H and O–H groups in total. The zero-order valence-electron chi connectivity index (χ0n) is 10.7. The third-order valence-electron chi connectivity index (χ3n) is 2.87. The van der Waals surface area contributed by atoms with Gasteiger partial charge in [-0.25, -0.2) is 0 Å². The Morgan fingerprint density at radius 1 is 1.16 bits per heavy atom. The molecule has 0 aliphatic rings. The molecule has 0 aliphatic heterocycles. The van der Waals surface area contributed by atoms with Crippen LogP contribution in [-0.4, -0.2) is 12.2 Å². The second-order valence-corrected chi connectivity index (χ2v) is 4.59. The van der Waals surface area contributed by atoms with Gasteiger partial charge in [-0.3, -0.25) is 0 Å². The maximum absolute atomic E-state index is 9.79. The Kier molecular flexibility index (Phi) is 4.66. The number of hydrogen-bond acceptors (Lipinski definition) is 3. The van der Waals surface area contributed by atoms with Crippen molar-refractivity contribution in [3.63, 3.8) is 0 Å². The van der Waals surface area contributed by atoms with Gasteiger partial charge in [-0.2, -0.15) is 0 Å². The molecular weight excluding hydrogens is 262 g/mol. The Bertz CT molecular complexity index is 537. The van der Waals surface area contributed by atoms with Crippen LogP contribution in [0.3, 0.4) is 0 Å². The summed E-state index contributed by atoms with van der Waals surface area (Å²) in [6.45, 7) is 1.00. The Hall–Kier alpha value is -1.71. The predicted octanol–water partition coefficient (Wildman–Crippen LogP) is 3.80. The molecule has 0 heterocycles. The number of anilines is 1. The van der Waals surface area contributed by atoms with Gasteiger partial charge in [0.25, 0.3) is 0 Å². The molecule has 2 aromatic rings. The first-order valence-electron chi connectivity index (χ1n) is 5.99. The van der Waals surface area contributed by atoms with Crippen molar-refractivity contribution in [2.45, 2.75) is 13.2 Å². The highest BCUT2D eigenvalue weighted by molar-refractivity contribution is 6.31. The topological polar surface area (TPSA) is 41.5 Å². The van der Waals surface area contributed by atoms with Gasteiger partial charge in [0.2, 0.25) is 0 Å². The largest absolute Gasteiger partial charge is 0.508 e. The van der Waals surface area contributed by atoms with Crippen molar-refractivity contribution < 1.29 is 9.84 Å². The van der Waals surface area contributed by atoms with E-state index in [1.807, 2.05) is 24.3 Å². The summed E-state index contributed by atoms with van der Waals surface area (Å²) in [6.07, 6.45) is 0. The SMILES string of the molecule is COCc1ccccc1NCc1c(O)cccc1Cl. The lowest BCUT2D eigenvalue weighted by molar-refractivity contribution is 0.185. The van der Waals surface area contributed by atoms with Crippen LogP contribution in [0.4, 0.5) is 5.69 Å². The van der Waals surface area contributed by atoms with E-state index in [4.69, 9.17) is 16.3 Å². The molecule has 0 saturated heterocycles. The summed E-state index contributed by atoms with van der Waals surface area (Å²) in [4.78, 5) is 0. The van der Waals surface area contributed by atoms with Crippen LogP contribution in [-0.2, 0) is 17.9 Å². The molecule has 4 heteroatoms. The molecule has 0 fully saturated rings. The Balaban J connectivity index is 2.15. The molecule has 0 saturated carbocycles. The molecule has 3 nitrogen and oxygen atoms in total. The lowest BCUT2D eigenvalue weighted by Crippen LogP contribution is -2.03. The normalized spacial score (nSPS) is 10.4. The quantitative estimate of drug-likeness (QED) is 0.873. The van der Waals surface area contributed by atoms with E-state index in [1.165, 1.54) is 0 Å². The molecule has 0 aliphatic carbocycles. The van der Waals surface area contributed by atoms with Crippen molar-refractivity contribution in [2.75, 3.05) is 12.4 Å². The fourth-order valence-corrected chi connectivity index (χ4v) is 2.12. The van der Waals surface area contributed by atoms with E-state index >= 15 is 0 Å². The second-order valence-electron chi connectivity index (χ2n) is 4.18. The monoisotopic (exact) mass is 277 g/mol. The van der Waals surface area contributed by atoms with Crippen molar-refractivity contribution in [3.8, 4) is 5.75 Å². The average Bonchev–Trinajstić information content (AvgIpc) is 2.40. The molecule has 0 unspecified atom stereocenters. The summed E-state index contributed by atoms with van der Waals surface area (Å²) in [5, 5.41) is 13.6. The smallest absolute Gasteiger partial charge is 0.122 e. The summed E-state index contributed by atoms with van der Waals surface area (Å²) in [7, 11) is 1.66. The van der Waals surface area contributed by atoms with E-state index in [0.29, 0.717) is 23.7 Å². The minimum absolute atomic E-state index is 0.198. The number of methoxy groups -OCH3 is 1. The summed E-state index contributed by atoms with van der Waals surface area (Å²) in [5.41, 5.74) is 2.73. The van der Waals surface area contributed by atoms with Crippen molar-refractivity contribution in [1.29, 1.82) is 0 Å². The van der Waals surface area contributed by atoms with Gasteiger partial charge in [-0.05, 0) is 18.2 Å². The van der Waals surface area contributed by atoms with Crippen LogP contribution in [0.1, 0.15) is 11.1 Å². The minimum Gasteiger partial charge on any atom is -0.508 e. The fraction of sp³-hybridized carbons (Fsp3) is 0.200. The molecule has 100 valence electrons. The van der Waals surface area contributed by atoms with Crippen LogP contribution >= 0.6 is 11.6 Å². The van der Waals surface area contributed by atoms with Gasteiger partial charge < -0.3 is 15.2 Å². The van der Waals surface area contributed by atoms with Gasteiger partial charge in [0.15, 0.2) is 0 Å². The number of hydrogen-bond donors (Lipinski definition) is 2. The summed E-state index contributed by atoms with van der Waals surface area (Å²) >= 11 is 6.07. The van der Waals surface area contributed by atoms with E-state index in [0.717, 1.165) is 11.3 Å². The average molecular weight is 278 g/mol. The number of ether oxygens (including phenoxy) is 1. The van der Waals surface area contributed by atoms with Crippen LogP contribution in [0.15, 0.2) is 42.5 Å². The van der Waals surface area contributed by atoms with Crippen LogP contribution < -0.4 is 5.32 Å². The highest BCUT2D eigenvalue weighted by Gasteiger charge is 2.07. The van der Waals surface area contributed by atoms with Crippen LogP contribution in [0.5, 0.6) is 5.75 Å². The van der Waals surface area contributed by atoms with Gasteiger partial charge in [-0.1, -0.05) is 35.9 Å². The number of para-hydroxylation sites is 1. The molecule has 0 bridgehead atoms. The lowest BCUT2D eigenvalue weighted by Gasteiger charge is -2.13. The number of aromatic hydroxyl groups is 1. The van der Waals surface area contributed by atoms with E-state index in [-0.39, 0.29) is 5.75 Å². The fourth-order valence-electron chi connectivity index (χ4n) is 1.88. The van der Waals surface area contributed by atoms with E-state index in [1.54, 1.807) is 25.3 Å². The molecule has 0 atom stereocenters. The molecule has 2 rings (SSSR count). The van der Waals surface area contributed by atoms with E-state index in [2.05, 4.69) is 5.32 Å². The van der Waals surface area contributed by atoms with Gasteiger partial charge in [-0.15, -0.1) is 0 Å². The molecular formula is C15H16ClNO2. The highest BCUT2D eigenvalue weighted by atomic mass is 35.5. The number of benzene rings is 2. The number of halogens is 1. The van der Waals surface area contributed by atoms with Crippen molar-refractivity contribution in [1.82, 2.24) is 0 Å². The maximum Gasteiger partial charge on any atom is 0.122 e. The predicted molar refractivity (Wildman–Crippen MR) is 77.6 cm³/mol. The van der Waals surface area contributed by atoms with Gasteiger partial charge in [0.05, 0.1) is 6.61 Å². The molecule has 2 aromatic carbocycles. The van der Waals surface area contributed by atoms with Crippen LogP contribution in [0, 0.1) is 0 Å². The van der Waals surface area contributed by atoms with Crippen LogP contribution in [0.25, 0.3) is 0 Å². The van der Waals surface area contributed by atoms with Crippen molar-refractivity contribution in [3.05, 3.63) is 58.6 Å². The maximum atomic E-state index is 9.79. The van der Waals surface area contributed by atoms with Crippen molar-refractivity contribution >= 4 is 17.3 Å². The second kappa shape index (κ2) is 6.45. The Labute approximate surface area is 117 Å². The highest BCUT2D eigenvalue weighted by Crippen LogP contribution is 2.26. The minimum atomic E-state index is 0.198. The first-order chi connectivity index (χ1) is 9.22. The zero-order valence-corrected chi connectivity index (χ0v) is 11.4. The Morgan fingerprint density at radius 2 is 1.95 bits per heavy atom. The number of phenols is 1. The van der Waals surface area contributed by atoms with Crippen molar-refractivity contribution in [2.24, 2.45) is 0 Å². The number of nitrogens with one attached hydrogen (secondary N) is 1. The van der Waals surface area contributed by atoms with E-state index in [9.17, 15) is 5.11 Å². The van der Waals surface area contributed by atoms with Gasteiger partial charge in [0.1, 0.15) is 5.75 Å². The molecule has 0 radical (unpaired) electrons. The number of rotatable bonds is 5. The standard InChI is InChI=1S/C15H16ClNO2/c1-19-10-11-5-2-3-7-14(11)17-9-12-13(16)6-4-8-15(12)18/h2-8,17-18H,9-10H2,1H3. The molecule has 0 amide bonds. The first kappa shape index (κ1) is 13.7. The van der Waals surface area contributed by atoms with Gasteiger partial charge in [0, 0.05) is 35.5 Å². The first-order valence-corrected chi connectivity index (χ1v) is 6.37. The summed E-state index contributed by atoms with van der Waals surface area (Å²) in [5.74, 6) is 0.198. The number of phenolic OH excluding ortho intramolecular Hbond substituents is 1. The Morgan fingerprint density at radius 3 is 2.68 bits per heavy atom. The summed E-state index contributed by atoms with van der Waals surface area (Å²) < 4.78 is 5.15. The third-order valence-corrected chi connectivity index (χ3v) is 3.22. The van der Waals surface area contributed by atoms with E-state index < -0.39 is 0 Å². The van der Waals surface area contributed by atoms with Gasteiger partial charge >= 0.3 is 0 Å². The molecule has 0 aromatic heterocycles. The lowest BCUT2D eigenvalue weighted by atomic mass is 10.1. The zero-order chi connectivity index (χ0) is 13.7. The molecule has 19 heavy (non-hydrogen) atoms. The third kappa shape index (κ3) is 3.40. The van der Waals surface area contributed by atoms with Crippen LogP contribution in [0.2, 0.25) is 5.02 Å². The summed E-state index contributed by atoms with van der Waals surface area (Å²) in [6, 6.07) is 13.0. The molecule has 0 spiro atoms.